The van der Waals surface area contributed by atoms with E-state index < -0.39 is 0 Å². The molecule has 2 aromatic carbocycles. The van der Waals surface area contributed by atoms with Crippen LogP contribution in [-0.4, -0.2) is 27.2 Å². The lowest BCUT2D eigenvalue weighted by Crippen LogP contribution is -2.25. The molecule has 0 aliphatic rings. The number of hydrogen-bond donors (Lipinski definition) is 1. The highest BCUT2D eigenvalue weighted by molar-refractivity contribution is 6.31. The van der Waals surface area contributed by atoms with E-state index >= 15 is 0 Å². The summed E-state index contributed by atoms with van der Waals surface area (Å²) >= 11 is 12.3. The van der Waals surface area contributed by atoms with Crippen LogP contribution in [0.4, 0.5) is 0 Å². The van der Waals surface area contributed by atoms with Crippen molar-refractivity contribution in [2.45, 2.75) is 20.3 Å². The van der Waals surface area contributed by atoms with E-state index in [0.29, 0.717) is 22.4 Å². The van der Waals surface area contributed by atoms with Gasteiger partial charge in [-0.1, -0.05) is 48.3 Å². The molecule has 0 atom stereocenters. The average Bonchev–Trinajstić information content (AvgIpc) is 3.07. The average molecular weight is 389 g/mol. The fourth-order valence-electron chi connectivity index (χ4n) is 2.52. The number of rotatable bonds is 5. The SMILES string of the molecule is CCCNC(=O)c1nc(-c2cccc(Cl)c2)n(-c2cc(Cl)ccc2C)n1. The smallest absolute Gasteiger partial charge is 0.290 e. The lowest BCUT2D eigenvalue weighted by atomic mass is 10.2. The Balaban J connectivity index is 2.16. The molecule has 7 heteroatoms. The van der Waals surface area contributed by atoms with Gasteiger partial charge >= 0.3 is 0 Å². The summed E-state index contributed by atoms with van der Waals surface area (Å²) in [5, 5.41) is 8.39. The Labute approximate surface area is 162 Å². The number of carbonyl (C=O) groups excluding carboxylic acids is 1. The molecule has 0 aliphatic carbocycles. The monoisotopic (exact) mass is 388 g/mol. The maximum Gasteiger partial charge on any atom is 0.290 e. The largest absolute Gasteiger partial charge is 0.349 e. The Morgan fingerprint density at radius 2 is 1.92 bits per heavy atom. The van der Waals surface area contributed by atoms with Gasteiger partial charge in [-0.05, 0) is 43.2 Å². The molecule has 3 rings (SSSR count). The molecule has 0 unspecified atom stereocenters. The second-order valence-electron chi connectivity index (χ2n) is 5.87. The first-order valence-electron chi connectivity index (χ1n) is 8.27. The number of aryl methyl sites for hydroxylation is 1. The predicted molar refractivity (Wildman–Crippen MR) is 104 cm³/mol. The Kier molecular flexibility index (Phi) is 5.59. The summed E-state index contributed by atoms with van der Waals surface area (Å²) in [5.74, 6) is 0.320. The number of nitrogens with one attached hydrogen (secondary N) is 1. The Hall–Kier alpha value is -2.37. The van der Waals surface area contributed by atoms with Gasteiger partial charge < -0.3 is 5.32 Å². The van der Waals surface area contributed by atoms with Gasteiger partial charge in [0.1, 0.15) is 0 Å². The lowest BCUT2D eigenvalue weighted by Gasteiger charge is -2.09. The summed E-state index contributed by atoms with van der Waals surface area (Å²) in [6.07, 6.45) is 0.834. The summed E-state index contributed by atoms with van der Waals surface area (Å²) in [7, 11) is 0. The predicted octanol–water partition coefficient (Wildman–Crippen LogP) is 4.69. The molecule has 0 saturated carbocycles. The molecule has 26 heavy (non-hydrogen) atoms. The zero-order valence-electron chi connectivity index (χ0n) is 14.5. The van der Waals surface area contributed by atoms with Crippen molar-refractivity contribution in [1.29, 1.82) is 0 Å². The van der Waals surface area contributed by atoms with Crippen molar-refractivity contribution in [3.63, 3.8) is 0 Å². The van der Waals surface area contributed by atoms with Crippen LogP contribution in [0.15, 0.2) is 42.5 Å². The standard InChI is InChI=1S/C19H18Cl2N4O/c1-3-9-22-19(26)17-23-18(13-5-4-6-14(20)10-13)25(24-17)16-11-15(21)8-7-12(16)2/h4-8,10-11H,3,9H2,1-2H3,(H,22,26). The summed E-state index contributed by atoms with van der Waals surface area (Å²) in [6, 6.07) is 12.8. The molecular formula is C19H18Cl2N4O. The normalized spacial score (nSPS) is 10.8. The molecule has 0 bridgehead atoms. The van der Waals surface area contributed by atoms with E-state index in [1.807, 2.05) is 38.1 Å². The van der Waals surface area contributed by atoms with Gasteiger partial charge in [-0.15, -0.1) is 5.10 Å². The van der Waals surface area contributed by atoms with Crippen molar-refractivity contribution < 1.29 is 4.79 Å². The molecule has 134 valence electrons. The van der Waals surface area contributed by atoms with Crippen LogP contribution in [0.2, 0.25) is 10.0 Å². The zero-order valence-corrected chi connectivity index (χ0v) is 16.0. The molecule has 1 amide bonds. The van der Waals surface area contributed by atoms with E-state index in [-0.39, 0.29) is 11.7 Å². The Morgan fingerprint density at radius 1 is 1.15 bits per heavy atom. The number of benzene rings is 2. The van der Waals surface area contributed by atoms with E-state index in [1.54, 1.807) is 22.9 Å². The maximum absolute atomic E-state index is 12.3. The first-order chi connectivity index (χ1) is 12.5. The van der Waals surface area contributed by atoms with Gasteiger partial charge in [-0.25, -0.2) is 9.67 Å². The first-order valence-corrected chi connectivity index (χ1v) is 9.03. The van der Waals surface area contributed by atoms with Crippen molar-refractivity contribution in [2.75, 3.05) is 6.54 Å². The number of hydrogen-bond acceptors (Lipinski definition) is 3. The van der Waals surface area contributed by atoms with E-state index in [0.717, 1.165) is 23.2 Å². The summed E-state index contributed by atoms with van der Waals surface area (Å²) in [4.78, 5) is 16.8. The number of nitrogens with zero attached hydrogens (tertiary/aromatic N) is 3. The maximum atomic E-state index is 12.3. The highest BCUT2D eigenvalue weighted by Crippen LogP contribution is 2.27. The lowest BCUT2D eigenvalue weighted by molar-refractivity contribution is 0.0943. The minimum atomic E-state index is -0.312. The second kappa shape index (κ2) is 7.89. The number of amides is 1. The second-order valence-corrected chi connectivity index (χ2v) is 6.74. The van der Waals surface area contributed by atoms with Crippen LogP contribution in [0, 0.1) is 6.92 Å². The molecule has 0 spiro atoms. The Morgan fingerprint density at radius 3 is 2.65 bits per heavy atom. The van der Waals surface area contributed by atoms with Gasteiger partial charge in [-0.3, -0.25) is 4.79 Å². The van der Waals surface area contributed by atoms with Crippen molar-refractivity contribution in [3.8, 4) is 17.1 Å². The highest BCUT2D eigenvalue weighted by atomic mass is 35.5. The van der Waals surface area contributed by atoms with E-state index in [2.05, 4.69) is 15.4 Å². The molecular weight excluding hydrogens is 371 g/mol. The summed E-state index contributed by atoms with van der Waals surface area (Å²) < 4.78 is 1.63. The minimum Gasteiger partial charge on any atom is -0.349 e. The van der Waals surface area contributed by atoms with Crippen molar-refractivity contribution >= 4 is 29.1 Å². The van der Waals surface area contributed by atoms with Gasteiger partial charge in [0, 0.05) is 22.2 Å². The fourth-order valence-corrected chi connectivity index (χ4v) is 2.88. The molecule has 0 radical (unpaired) electrons. The minimum absolute atomic E-state index is 0.104. The van der Waals surface area contributed by atoms with E-state index in [4.69, 9.17) is 23.2 Å². The molecule has 1 heterocycles. The van der Waals surface area contributed by atoms with Gasteiger partial charge in [0.2, 0.25) is 5.82 Å². The Bertz CT molecular complexity index is 952. The summed E-state index contributed by atoms with van der Waals surface area (Å²) in [6.45, 7) is 4.50. The number of carbonyl (C=O) groups is 1. The topological polar surface area (TPSA) is 59.8 Å². The van der Waals surface area contributed by atoms with Gasteiger partial charge in [0.15, 0.2) is 5.82 Å². The zero-order chi connectivity index (χ0) is 18.7. The third kappa shape index (κ3) is 3.89. The van der Waals surface area contributed by atoms with Crippen LogP contribution >= 0.6 is 23.2 Å². The molecule has 3 aromatic rings. The van der Waals surface area contributed by atoms with Gasteiger partial charge in [0.05, 0.1) is 5.69 Å². The van der Waals surface area contributed by atoms with Crippen LogP contribution in [0.1, 0.15) is 29.5 Å². The van der Waals surface area contributed by atoms with Crippen LogP contribution in [0.3, 0.4) is 0 Å². The van der Waals surface area contributed by atoms with Crippen LogP contribution in [-0.2, 0) is 0 Å². The molecule has 0 aliphatic heterocycles. The number of aromatic nitrogens is 3. The van der Waals surface area contributed by atoms with Gasteiger partial charge in [0.25, 0.3) is 5.91 Å². The van der Waals surface area contributed by atoms with E-state index in [9.17, 15) is 4.79 Å². The molecule has 1 N–H and O–H groups in total. The van der Waals surface area contributed by atoms with Crippen LogP contribution < -0.4 is 5.32 Å². The van der Waals surface area contributed by atoms with Crippen LogP contribution in [0.25, 0.3) is 17.1 Å². The molecule has 0 saturated heterocycles. The fraction of sp³-hybridized carbons (Fsp3) is 0.211. The first kappa shape index (κ1) is 18.4. The van der Waals surface area contributed by atoms with Crippen molar-refractivity contribution in [1.82, 2.24) is 20.1 Å². The van der Waals surface area contributed by atoms with Crippen molar-refractivity contribution in [2.24, 2.45) is 0 Å². The molecule has 1 aromatic heterocycles. The third-order valence-corrected chi connectivity index (χ3v) is 4.30. The quantitative estimate of drug-likeness (QED) is 0.689. The van der Waals surface area contributed by atoms with Gasteiger partial charge in [-0.2, -0.15) is 0 Å². The number of halogens is 2. The van der Waals surface area contributed by atoms with Crippen LogP contribution in [0.5, 0.6) is 0 Å². The molecule has 0 fully saturated rings. The highest BCUT2D eigenvalue weighted by Gasteiger charge is 2.19. The van der Waals surface area contributed by atoms with E-state index in [1.165, 1.54) is 0 Å². The van der Waals surface area contributed by atoms with Crippen molar-refractivity contribution in [3.05, 3.63) is 63.9 Å². The summed E-state index contributed by atoms with van der Waals surface area (Å²) in [5.41, 5.74) is 2.48. The third-order valence-electron chi connectivity index (χ3n) is 3.83. The molecule has 5 nitrogen and oxygen atoms in total.